The molecule has 0 saturated carbocycles. The number of ketones is 1. The highest BCUT2D eigenvalue weighted by atomic mass is 35.5. The van der Waals surface area contributed by atoms with Crippen LogP contribution in [0.1, 0.15) is 28.8 Å². The molecule has 4 atom stereocenters. The molecule has 5 rings (SSSR count). The van der Waals surface area contributed by atoms with Gasteiger partial charge >= 0.3 is 0 Å². The van der Waals surface area contributed by atoms with E-state index in [1.165, 1.54) is 4.90 Å². The van der Waals surface area contributed by atoms with E-state index in [1.807, 2.05) is 19.1 Å². The third-order valence-electron chi connectivity index (χ3n) is 6.54. The highest BCUT2D eigenvalue weighted by Crippen LogP contribution is 2.48. The van der Waals surface area contributed by atoms with Gasteiger partial charge in [0.2, 0.25) is 11.8 Å². The molecule has 0 aromatic heterocycles. The number of carbonyl (C=O) groups excluding carboxylic acids is 3. The lowest BCUT2D eigenvalue weighted by Gasteiger charge is -2.27. The van der Waals surface area contributed by atoms with E-state index in [0.717, 1.165) is 24.9 Å². The van der Waals surface area contributed by atoms with E-state index >= 15 is 0 Å². The molecule has 2 aromatic carbocycles. The molecule has 5 nitrogen and oxygen atoms in total. The van der Waals surface area contributed by atoms with Gasteiger partial charge in [0.05, 0.1) is 23.6 Å². The third-order valence-corrected chi connectivity index (χ3v) is 6.79. The molecule has 29 heavy (non-hydrogen) atoms. The Morgan fingerprint density at radius 2 is 1.62 bits per heavy atom. The van der Waals surface area contributed by atoms with Crippen LogP contribution in [0.4, 0.5) is 5.69 Å². The summed E-state index contributed by atoms with van der Waals surface area (Å²) < 4.78 is 0. The topological polar surface area (TPSA) is 57.7 Å². The monoisotopic (exact) mass is 408 g/mol. The van der Waals surface area contributed by atoms with E-state index in [2.05, 4.69) is 4.90 Å². The first-order chi connectivity index (χ1) is 14.0. The molecule has 3 aliphatic heterocycles. The summed E-state index contributed by atoms with van der Waals surface area (Å²) >= 11 is 5.97. The maximum absolute atomic E-state index is 13.4. The zero-order valence-electron chi connectivity index (χ0n) is 16.0. The van der Waals surface area contributed by atoms with Gasteiger partial charge in [-0.1, -0.05) is 29.3 Å². The molecule has 0 bridgehead atoms. The van der Waals surface area contributed by atoms with E-state index in [9.17, 15) is 14.4 Å². The molecule has 3 fully saturated rings. The van der Waals surface area contributed by atoms with Gasteiger partial charge in [-0.05, 0) is 62.7 Å². The second-order valence-electron chi connectivity index (χ2n) is 8.16. The van der Waals surface area contributed by atoms with Gasteiger partial charge in [-0.15, -0.1) is 0 Å². The van der Waals surface area contributed by atoms with Crippen LogP contribution in [0.5, 0.6) is 0 Å². The Bertz CT molecular complexity index is 1000. The maximum Gasteiger partial charge on any atom is 0.239 e. The fourth-order valence-corrected chi connectivity index (χ4v) is 5.37. The van der Waals surface area contributed by atoms with E-state index in [4.69, 9.17) is 11.6 Å². The van der Waals surface area contributed by atoms with Crippen LogP contribution in [0.3, 0.4) is 0 Å². The van der Waals surface area contributed by atoms with Gasteiger partial charge < -0.3 is 0 Å². The summed E-state index contributed by atoms with van der Waals surface area (Å²) in [6, 6.07) is 13.5. The van der Waals surface area contributed by atoms with Crippen LogP contribution >= 0.6 is 11.6 Å². The first-order valence-corrected chi connectivity index (χ1v) is 10.3. The zero-order valence-corrected chi connectivity index (χ0v) is 16.8. The lowest BCUT2D eigenvalue weighted by Crippen LogP contribution is -2.46. The second-order valence-corrected chi connectivity index (χ2v) is 8.60. The average molecular weight is 409 g/mol. The number of hydrogen-bond donors (Lipinski definition) is 0. The molecular weight excluding hydrogens is 388 g/mol. The molecule has 3 heterocycles. The number of amides is 2. The lowest BCUT2D eigenvalue weighted by atomic mass is 9.85. The Balaban J connectivity index is 1.54. The molecule has 0 radical (unpaired) electrons. The van der Waals surface area contributed by atoms with E-state index in [1.54, 1.807) is 36.4 Å². The summed E-state index contributed by atoms with van der Waals surface area (Å²) in [7, 11) is 0. The van der Waals surface area contributed by atoms with Crippen molar-refractivity contribution in [2.24, 2.45) is 11.8 Å². The summed E-state index contributed by atoms with van der Waals surface area (Å²) in [6.45, 7) is 2.70. The fourth-order valence-electron chi connectivity index (χ4n) is 5.25. The van der Waals surface area contributed by atoms with Crippen molar-refractivity contribution in [2.75, 3.05) is 11.4 Å². The van der Waals surface area contributed by atoms with E-state index in [-0.39, 0.29) is 23.6 Å². The van der Waals surface area contributed by atoms with Gasteiger partial charge in [-0.2, -0.15) is 0 Å². The van der Waals surface area contributed by atoms with Crippen LogP contribution in [0.2, 0.25) is 5.02 Å². The lowest BCUT2D eigenvalue weighted by molar-refractivity contribution is -0.123. The molecule has 0 aliphatic carbocycles. The first-order valence-electron chi connectivity index (χ1n) is 9.97. The number of rotatable bonds is 3. The van der Waals surface area contributed by atoms with Crippen molar-refractivity contribution in [3.05, 3.63) is 64.7 Å². The molecular formula is C23H21ClN2O3. The SMILES string of the molecule is Cc1ccc(N2C(=O)[C@@H]3[C@@H](C2=O)[C@H](C(=O)c2ccc(Cl)cc2)N2CCC[C@H]32)cc1. The minimum atomic E-state index is -0.628. The normalized spacial score (nSPS) is 28.7. The Morgan fingerprint density at radius 1 is 0.966 bits per heavy atom. The summed E-state index contributed by atoms with van der Waals surface area (Å²) in [5.41, 5.74) is 2.17. The maximum atomic E-state index is 13.4. The van der Waals surface area contributed by atoms with Crippen molar-refractivity contribution in [1.29, 1.82) is 0 Å². The fraction of sp³-hybridized carbons (Fsp3) is 0.348. The highest BCUT2D eigenvalue weighted by Gasteiger charge is 2.64. The summed E-state index contributed by atoms with van der Waals surface area (Å²) in [5, 5.41) is 0.558. The highest BCUT2D eigenvalue weighted by molar-refractivity contribution is 6.30. The molecule has 2 aromatic rings. The van der Waals surface area contributed by atoms with Crippen LogP contribution in [-0.2, 0) is 9.59 Å². The third kappa shape index (κ3) is 2.75. The van der Waals surface area contributed by atoms with Crippen LogP contribution in [-0.4, -0.2) is 41.1 Å². The molecule has 3 saturated heterocycles. The van der Waals surface area contributed by atoms with Crippen molar-refractivity contribution in [3.8, 4) is 0 Å². The van der Waals surface area contributed by atoms with Gasteiger partial charge in [-0.25, -0.2) is 4.90 Å². The Kier molecular flexibility index (Phi) is 4.33. The van der Waals surface area contributed by atoms with Crippen LogP contribution in [0.25, 0.3) is 0 Å². The summed E-state index contributed by atoms with van der Waals surface area (Å²) in [4.78, 5) is 43.6. The first kappa shape index (κ1) is 18.5. The Hall–Kier alpha value is -2.50. The number of halogens is 1. The standard InChI is InChI=1S/C23H21ClN2O3/c1-13-4-10-16(11-5-13)26-22(28)18-17-3-2-12-25(17)20(19(18)23(26)29)21(27)14-6-8-15(24)9-7-14/h4-11,17-20H,2-3,12H2,1H3/t17-,18+,19-,20-/m1/s1. The number of aryl methyl sites for hydroxylation is 1. The number of fused-ring (bicyclic) bond motifs is 3. The number of nitrogens with zero attached hydrogens (tertiary/aromatic N) is 2. The van der Waals surface area contributed by atoms with Gasteiger partial charge in [0.1, 0.15) is 0 Å². The van der Waals surface area contributed by atoms with Gasteiger partial charge in [0.15, 0.2) is 5.78 Å². The minimum absolute atomic E-state index is 0.0480. The smallest absolute Gasteiger partial charge is 0.239 e. The molecule has 0 unspecified atom stereocenters. The van der Waals surface area contributed by atoms with Crippen LogP contribution in [0, 0.1) is 18.8 Å². The predicted molar refractivity (Wildman–Crippen MR) is 110 cm³/mol. The Labute approximate surface area is 174 Å². The van der Waals surface area contributed by atoms with Gasteiger partial charge in [0, 0.05) is 16.6 Å². The molecule has 3 aliphatic rings. The second kappa shape index (κ2) is 6.78. The molecule has 6 heteroatoms. The van der Waals surface area contributed by atoms with E-state index in [0.29, 0.717) is 16.3 Å². The molecule has 0 N–H and O–H groups in total. The van der Waals surface area contributed by atoms with Crippen molar-refractivity contribution < 1.29 is 14.4 Å². The summed E-state index contributed by atoms with van der Waals surface area (Å²) in [6.07, 6.45) is 1.77. The molecule has 148 valence electrons. The number of anilines is 1. The predicted octanol–water partition coefficient (Wildman–Crippen LogP) is 3.48. The number of carbonyl (C=O) groups is 3. The van der Waals surface area contributed by atoms with Crippen molar-refractivity contribution in [3.63, 3.8) is 0 Å². The van der Waals surface area contributed by atoms with Crippen molar-refractivity contribution in [1.82, 2.24) is 4.90 Å². The van der Waals surface area contributed by atoms with Crippen molar-refractivity contribution >= 4 is 34.9 Å². The Morgan fingerprint density at radius 3 is 2.31 bits per heavy atom. The largest absolute Gasteiger partial charge is 0.292 e. The van der Waals surface area contributed by atoms with Crippen LogP contribution < -0.4 is 4.90 Å². The average Bonchev–Trinajstić information content (AvgIpc) is 3.35. The number of benzene rings is 2. The number of imide groups is 1. The van der Waals surface area contributed by atoms with Gasteiger partial charge in [0.25, 0.3) is 0 Å². The molecule has 2 amide bonds. The summed E-state index contributed by atoms with van der Waals surface area (Å²) in [5.74, 6) is -1.62. The van der Waals surface area contributed by atoms with Crippen LogP contribution in [0.15, 0.2) is 48.5 Å². The van der Waals surface area contributed by atoms with Crippen molar-refractivity contribution in [2.45, 2.75) is 31.8 Å². The number of Topliss-reactive ketones (excluding diaryl/α,β-unsaturated/α-hetero) is 1. The van der Waals surface area contributed by atoms with Gasteiger partial charge in [-0.3, -0.25) is 19.3 Å². The molecule has 0 spiro atoms. The zero-order chi connectivity index (χ0) is 20.3. The minimum Gasteiger partial charge on any atom is -0.292 e. The number of hydrogen-bond acceptors (Lipinski definition) is 4. The van der Waals surface area contributed by atoms with E-state index < -0.39 is 17.9 Å². The quantitative estimate of drug-likeness (QED) is 0.576.